The molecule has 1 heterocycles. The normalized spacial score (nSPS) is 29.0. The number of nitrogens with two attached hydrogens (primary N) is 1. The average Bonchev–Trinajstić information content (AvgIpc) is 2.55. The second-order valence-electron chi connectivity index (χ2n) is 6.66. The van der Waals surface area contributed by atoms with Crippen LogP contribution in [-0.4, -0.2) is 37.7 Å². The molecule has 1 aromatic carbocycles. The molecular formula is C18H28N2O. The van der Waals surface area contributed by atoms with Crippen LogP contribution in [0.5, 0.6) is 5.75 Å². The van der Waals surface area contributed by atoms with Crippen molar-refractivity contribution < 1.29 is 4.74 Å². The molecule has 1 saturated carbocycles. The predicted octanol–water partition coefficient (Wildman–Crippen LogP) is 3.00. The minimum atomic E-state index is 0.598. The maximum atomic E-state index is 5.99. The first-order chi connectivity index (χ1) is 10.3. The van der Waals surface area contributed by atoms with E-state index in [4.69, 9.17) is 10.5 Å². The highest BCUT2D eigenvalue weighted by Crippen LogP contribution is 2.35. The molecule has 21 heavy (non-hydrogen) atoms. The van der Waals surface area contributed by atoms with Gasteiger partial charge in [-0.2, -0.15) is 0 Å². The molecular weight excluding hydrogens is 260 g/mol. The number of benzene rings is 1. The van der Waals surface area contributed by atoms with Gasteiger partial charge in [0, 0.05) is 18.5 Å². The summed E-state index contributed by atoms with van der Waals surface area (Å²) >= 11 is 0. The van der Waals surface area contributed by atoms with Crippen molar-refractivity contribution >= 4 is 0 Å². The van der Waals surface area contributed by atoms with Gasteiger partial charge in [-0.05, 0) is 50.4 Å². The molecule has 3 unspecified atom stereocenters. The summed E-state index contributed by atoms with van der Waals surface area (Å²) in [6.45, 7) is 2.81. The van der Waals surface area contributed by atoms with Crippen LogP contribution < -0.4 is 10.5 Å². The van der Waals surface area contributed by atoms with Crippen molar-refractivity contribution in [2.75, 3.05) is 26.7 Å². The number of hydrogen-bond donors (Lipinski definition) is 1. The molecule has 1 fully saturated rings. The quantitative estimate of drug-likeness (QED) is 0.925. The van der Waals surface area contributed by atoms with Crippen molar-refractivity contribution in [3.05, 3.63) is 29.8 Å². The maximum Gasteiger partial charge on any atom is 0.122 e. The lowest BCUT2D eigenvalue weighted by atomic mass is 9.83. The summed E-state index contributed by atoms with van der Waals surface area (Å²) in [6, 6.07) is 9.19. The highest BCUT2D eigenvalue weighted by molar-refractivity contribution is 5.37. The lowest BCUT2D eigenvalue weighted by molar-refractivity contribution is 0.119. The Morgan fingerprint density at radius 1 is 1.19 bits per heavy atom. The third kappa shape index (κ3) is 3.24. The van der Waals surface area contributed by atoms with Crippen LogP contribution in [0.1, 0.15) is 43.6 Å². The van der Waals surface area contributed by atoms with Crippen LogP contribution in [0.25, 0.3) is 0 Å². The molecule has 0 spiro atoms. The van der Waals surface area contributed by atoms with E-state index in [0.717, 1.165) is 31.9 Å². The van der Waals surface area contributed by atoms with Crippen molar-refractivity contribution in [2.45, 2.75) is 44.1 Å². The van der Waals surface area contributed by atoms with Crippen molar-refractivity contribution in [1.82, 2.24) is 4.90 Å². The number of likely N-dealkylation sites (N-methyl/N-ethyl adjacent to an activating group) is 1. The van der Waals surface area contributed by atoms with E-state index in [1.54, 1.807) is 0 Å². The van der Waals surface area contributed by atoms with Gasteiger partial charge in [-0.25, -0.2) is 0 Å². The highest BCUT2D eigenvalue weighted by atomic mass is 16.5. The summed E-state index contributed by atoms with van der Waals surface area (Å²) < 4.78 is 5.78. The molecule has 116 valence electrons. The van der Waals surface area contributed by atoms with E-state index in [-0.39, 0.29) is 0 Å². The zero-order valence-corrected chi connectivity index (χ0v) is 13.1. The smallest absolute Gasteiger partial charge is 0.122 e. The Balaban J connectivity index is 1.69. The zero-order chi connectivity index (χ0) is 14.7. The van der Waals surface area contributed by atoms with Gasteiger partial charge in [-0.3, -0.25) is 0 Å². The van der Waals surface area contributed by atoms with Crippen molar-refractivity contribution in [3.8, 4) is 5.75 Å². The van der Waals surface area contributed by atoms with Crippen LogP contribution in [0, 0.1) is 5.92 Å². The molecule has 0 saturated heterocycles. The van der Waals surface area contributed by atoms with Crippen molar-refractivity contribution in [3.63, 3.8) is 0 Å². The van der Waals surface area contributed by atoms with Crippen molar-refractivity contribution in [2.24, 2.45) is 11.7 Å². The van der Waals surface area contributed by atoms with Crippen molar-refractivity contribution in [1.29, 1.82) is 0 Å². The van der Waals surface area contributed by atoms with Gasteiger partial charge in [0.2, 0.25) is 0 Å². The Labute approximate surface area is 128 Å². The second-order valence-corrected chi connectivity index (χ2v) is 6.66. The van der Waals surface area contributed by atoms with Gasteiger partial charge in [-0.1, -0.05) is 31.0 Å². The number of nitrogens with zero attached hydrogens (tertiary/aromatic N) is 1. The Kier molecular flexibility index (Phi) is 4.81. The standard InChI is InChI=1S/C18H28N2O/c1-20(17-8-4-2-6-14(17)12-19)13-15-10-11-21-18-9-5-3-7-16(15)18/h3,5,7,9,14-15,17H,2,4,6,8,10-13,19H2,1H3. The maximum absolute atomic E-state index is 5.99. The Morgan fingerprint density at radius 2 is 2.00 bits per heavy atom. The Hall–Kier alpha value is -1.06. The van der Waals surface area contributed by atoms with E-state index in [0.29, 0.717) is 17.9 Å². The van der Waals surface area contributed by atoms with E-state index in [9.17, 15) is 0 Å². The minimum absolute atomic E-state index is 0.598. The summed E-state index contributed by atoms with van der Waals surface area (Å²) in [7, 11) is 2.29. The summed E-state index contributed by atoms with van der Waals surface area (Å²) in [6.07, 6.45) is 6.45. The number of rotatable bonds is 4. The second kappa shape index (κ2) is 6.80. The summed E-state index contributed by atoms with van der Waals surface area (Å²) in [5.74, 6) is 2.36. The number of para-hydroxylation sites is 1. The SMILES string of the molecule is CN(CC1CCOc2ccccc21)C1CCCCC1CN. The molecule has 1 aliphatic carbocycles. The van der Waals surface area contributed by atoms with Gasteiger partial charge < -0.3 is 15.4 Å². The van der Waals surface area contributed by atoms with Gasteiger partial charge in [0.1, 0.15) is 5.75 Å². The Morgan fingerprint density at radius 3 is 2.86 bits per heavy atom. The van der Waals surface area contributed by atoms with Crippen LogP contribution in [0.2, 0.25) is 0 Å². The molecule has 3 rings (SSSR count). The van der Waals surface area contributed by atoms with Gasteiger partial charge in [0.25, 0.3) is 0 Å². The van der Waals surface area contributed by atoms with E-state index >= 15 is 0 Å². The van der Waals surface area contributed by atoms with E-state index in [2.05, 4.69) is 36.2 Å². The number of ether oxygens (including phenoxy) is 1. The molecule has 3 heteroatoms. The fourth-order valence-corrected chi connectivity index (χ4v) is 4.13. The number of fused-ring (bicyclic) bond motifs is 1. The van der Waals surface area contributed by atoms with Gasteiger partial charge >= 0.3 is 0 Å². The van der Waals surface area contributed by atoms with E-state index < -0.39 is 0 Å². The first-order valence-corrected chi connectivity index (χ1v) is 8.41. The van der Waals surface area contributed by atoms with Crippen LogP contribution in [0.4, 0.5) is 0 Å². The third-order valence-electron chi connectivity index (χ3n) is 5.33. The van der Waals surface area contributed by atoms with Crippen LogP contribution in [0.15, 0.2) is 24.3 Å². The Bertz CT molecular complexity index is 462. The molecule has 0 bridgehead atoms. The van der Waals surface area contributed by atoms with Crippen LogP contribution in [0.3, 0.4) is 0 Å². The van der Waals surface area contributed by atoms with Gasteiger partial charge in [0.05, 0.1) is 6.61 Å². The summed E-state index contributed by atoms with van der Waals surface area (Å²) in [5.41, 5.74) is 7.38. The molecule has 2 aliphatic rings. The molecule has 2 N–H and O–H groups in total. The fraction of sp³-hybridized carbons (Fsp3) is 0.667. The van der Waals surface area contributed by atoms with E-state index in [1.165, 1.54) is 31.2 Å². The van der Waals surface area contributed by atoms with Gasteiger partial charge in [-0.15, -0.1) is 0 Å². The van der Waals surface area contributed by atoms with E-state index in [1.807, 2.05) is 0 Å². The van der Waals surface area contributed by atoms with Gasteiger partial charge in [0.15, 0.2) is 0 Å². The molecule has 1 aliphatic heterocycles. The van der Waals surface area contributed by atoms with Crippen LogP contribution >= 0.6 is 0 Å². The molecule has 3 atom stereocenters. The first-order valence-electron chi connectivity index (χ1n) is 8.41. The molecule has 0 radical (unpaired) electrons. The average molecular weight is 288 g/mol. The van der Waals surface area contributed by atoms with Crippen LogP contribution in [-0.2, 0) is 0 Å². The molecule has 0 aromatic heterocycles. The predicted molar refractivity (Wildman–Crippen MR) is 86.7 cm³/mol. The first kappa shape index (κ1) is 14.9. The molecule has 1 aromatic rings. The zero-order valence-electron chi connectivity index (χ0n) is 13.1. The topological polar surface area (TPSA) is 38.5 Å². The minimum Gasteiger partial charge on any atom is -0.493 e. The number of hydrogen-bond acceptors (Lipinski definition) is 3. The molecule has 0 amide bonds. The fourth-order valence-electron chi connectivity index (χ4n) is 4.13. The lowest BCUT2D eigenvalue weighted by Crippen LogP contribution is -2.44. The lowest BCUT2D eigenvalue weighted by Gasteiger charge is -2.40. The molecule has 3 nitrogen and oxygen atoms in total. The highest BCUT2D eigenvalue weighted by Gasteiger charge is 2.30. The summed E-state index contributed by atoms with van der Waals surface area (Å²) in [5, 5.41) is 0. The monoisotopic (exact) mass is 288 g/mol. The third-order valence-corrected chi connectivity index (χ3v) is 5.33. The largest absolute Gasteiger partial charge is 0.493 e. The summed E-state index contributed by atoms with van der Waals surface area (Å²) in [4.78, 5) is 2.57.